The van der Waals surface area contributed by atoms with E-state index in [1.54, 1.807) is 0 Å². The van der Waals surface area contributed by atoms with Crippen molar-refractivity contribution in [3.63, 3.8) is 0 Å². The second-order valence-electron chi connectivity index (χ2n) is 6.98. The van der Waals surface area contributed by atoms with E-state index in [4.69, 9.17) is 5.11 Å². The van der Waals surface area contributed by atoms with E-state index in [0.29, 0.717) is 12.5 Å². The van der Waals surface area contributed by atoms with Gasteiger partial charge in [0.25, 0.3) is 0 Å². The fourth-order valence-corrected chi connectivity index (χ4v) is 5.31. The molecule has 4 aliphatic carbocycles. The highest BCUT2D eigenvalue weighted by Crippen LogP contribution is 2.59. The summed E-state index contributed by atoms with van der Waals surface area (Å²) < 4.78 is 1.85. The topological polar surface area (TPSA) is 68.0 Å². The van der Waals surface area contributed by atoms with Crippen molar-refractivity contribution in [1.82, 2.24) is 15.0 Å². The molecule has 5 rings (SSSR count). The van der Waals surface area contributed by atoms with E-state index in [9.17, 15) is 4.79 Å². The molecule has 4 aliphatic rings. The summed E-state index contributed by atoms with van der Waals surface area (Å²) >= 11 is 0. The third-order valence-corrected chi connectivity index (χ3v) is 5.75. The van der Waals surface area contributed by atoms with Crippen molar-refractivity contribution in [2.75, 3.05) is 0 Å². The zero-order valence-electron chi connectivity index (χ0n) is 11.6. The minimum atomic E-state index is -0.767. The van der Waals surface area contributed by atoms with Gasteiger partial charge in [-0.2, -0.15) is 0 Å². The molecule has 0 aromatic carbocycles. The number of hydrogen-bond acceptors (Lipinski definition) is 3. The summed E-state index contributed by atoms with van der Waals surface area (Å²) in [7, 11) is 0. The molecule has 1 N–H and O–H groups in total. The SMILES string of the molecule is O=C(O)CCn1nncc1C1C2CC3CC(C2)CC1C3. The van der Waals surface area contributed by atoms with Crippen molar-refractivity contribution in [3.8, 4) is 0 Å². The van der Waals surface area contributed by atoms with E-state index < -0.39 is 5.97 Å². The monoisotopic (exact) mass is 275 g/mol. The van der Waals surface area contributed by atoms with Crippen LogP contribution in [0.25, 0.3) is 0 Å². The maximum Gasteiger partial charge on any atom is 0.305 e. The van der Waals surface area contributed by atoms with Gasteiger partial charge >= 0.3 is 5.97 Å². The number of hydrogen-bond donors (Lipinski definition) is 1. The first kappa shape index (κ1) is 12.4. The second kappa shape index (κ2) is 4.57. The molecule has 0 radical (unpaired) electrons. The van der Waals surface area contributed by atoms with E-state index in [1.165, 1.54) is 37.8 Å². The van der Waals surface area contributed by atoms with Crippen LogP contribution in [0.3, 0.4) is 0 Å². The summed E-state index contributed by atoms with van der Waals surface area (Å²) in [6, 6.07) is 0. The van der Waals surface area contributed by atoms with Crippen LogP contribution in [0, 0.1) is 23.7 Å². The van der Waals surface area contributed by atoms with E-state index in [0.717, 1.165) is 23.7 Å². The third kappa shape index (κ3) is 1.95. The van der Waals surface area contributed by atoms with Crippen LogP contribution in [0.5, 0.6) is 0 Å². The van der Waals surface area contributed by atoms with Gasteiger partial charge in [0.2, 0.25) is 0 Å². The van der Waals surface area contributed by atoms with Crippen molar-refractivity contribution in [3.05, 3.63) is 11.9 Å². The van der Waals surface area contributed by atoms with Crippen LogP contribution in [0.1, 0.15) is 50.1 Å². The highest BCUT2D eigenvalue weighted by atomic mass is 16.4. The van der Waals surface area contributed by atoms with Crippen molar-refractivity contribution in [2.24, 2.45) is 23.7 Å². The molecule has 1 aromatic heterocycles. The summed E-state index contributed by atoms with van der Waals surface area (Å²) in [6.45, 7) is 0.452. The molecular weight excluding hydrogens is 254 g/mol. The van der Waals surface area contributed by atoms with Crippen LogP contribution in [0.4, 0.5) is 0 Å². The number of aliphatic carboxylic acids is 1. The van der Waals surface area contributed by atoms with Crippen molar-refractivity contribution < 1.29 is 9.90 Å². The largest absolute Gasteiger partial charge is 0.481 e. The minimum absolute atomic E-state index is 0.129. The minimum Gasteiger partial charge on any atom is -0.481 e. The molecule has 0 saturated heterocycles. The number of carboxylic acids is 1. The van der Waals surface area contributed by atoms with Crippen LogP contribution in [0.15, 0.2) is 6.20 Å². The highest BCUT2D eigenvalue weighted by Gasteiger charge is 2.49. The van der Waals surface area contributed by atoms with Gasteiger partial charge in [-0.3, -0.25) is 4.79 Å². The van der Waals surface area contributed by atoms with Gasteiger partial charge in [0.05, 0.1) is 24.9 Å². The first-order valence-corrected chi connectivity index (χ1v) is 7.81. The zero-order valence-corrected chi connectivity index (χ0v) is 11.6. The molecule has 4 saturated carbocycles. The molecule has 0 aliphatic heterocycles. The molecule has 5 nitrogen and oxygen atoms in total. The van der Waals surface area contributed by atoms with Gasteiger partial charge in [-0.15, -0.1) is 5.10 Å². The quantitative estimate of drug-likeness (QED) is 0.915. The lowest BCUT2D eigenvalue weighted by Crippen LogP contribution is -2.44. The summed E-state index contributed by atoms with van der Waals surface area (Å²) in [5.74, 6) is 3.29. The lowest BCUT2D eigenvalue weighted by molar-refractivity contribution is -0.137. The maximum absolute atomic E-state index is 10.8. The molecule has 1 aromatic rings. The standard InChI is InChI=1S/C15H21N3O2/c19-14(20)1-2-18-13(8-16-17-18)15-11-4-9-3-10(6-11)7-12(15)5-9/h8-12,15H,1-7H2,(H,19,20). The van der Waals surface area contributed by atoms with Crippen LogP contribution in [-0.2, 0) is 11.3 Å². The van der Waals surface area contributed by atoms with Gasteiger partial charge in [0.1, 0.15) is 0 Å². The third-order valence-electron chi connectivity index (χ3n) is 5.75. The smallest absolute Gasteiger partial charge is 0.305 e. The Morgan fingerprint density at radius 3 is 2.45 bits per heavy atom. The average Bonchev–Trinajstić information content (AvgIpc) is 2.83. The fourth-order valence-electron chi connectivity index (χ4n) is 5.31. The van der Waals surface area contributed by atoms with E-state index >= 15 is 0 Å². The van der Waals surface area contributed by atoms with Gasteiger partial charge in [0.15, 0.2) is 0 Å². The van der Waals surface area contributed by atoms with Gasteiger partial charge in [-0.1, -0.05) is 5.21 Å². The van der Waals surface area contributed by atoms with E-state index in [-0.39, 0.29) is 6.42 Å². The zero-order chi connectivity index (χ0) is 13.7. The highest BCUT2D eigenvalue weighted by molar-refractivity contribution is 5.66. The van der Waals surface area contributed by atoms with Gasteiger partial charge in [-0.25, -0.2) is 4.68 Å². The number of rotatable bonds is 4. The van der Waals surface area contributed by atoms with E-state index in [2.05, 4.69) is 10.3 Å². The number of aryl methyl sites for hydroxylation is 1. The number of nitrogens with zero attached hydrogens (tertiary/aromatic N) is 3. The second-order valence-corrected chi connectivity index (χ2v) is 6.98. The van der Waals surface area contributed by atoms with E-state index in [1.807, 2.05) is 10.9 Å². The molecule has 0 atom stereocenters. The summed E-state index contributed by atoms with van der Waals surface area (Å²) in [6.07, 6.45) is 8.92. The van der Waals surface area contributed by atoms with Crippen LogP contribution in [0.2, 0.25) is 0 Å². The van der Waals surface area contributed by atoms with Crippen LogP contribution in [-0.4, -0.2) is 26.1 Å². The fraction of sp³-hybridized carbons (Fsp3) is 0.800. The Hall–Kier alpha value is -1.39. The number of carboxylic acid groups (broad SMARTS) is 1. The Morgan fingerprint density at radius 1 is 1.20 bits per heavy atom. The Bertz CT molecular complexity index is 497. The van der Waals surface area contributed by atoms with Crippen molar-refractivity contribution in [1.29, 1.82) is 0 Å². The predicted octanol–water partition coefficient (Wildman–Crippen LogP) is 2.29. The van der Waals surface area contributed by atoms with Gasteiger partial charge in [0, 0.05) is 5.92 Å². The summed E-state index contributed by atoms with van der Waals surface area (Å²) in [4.78, 5) is 10.8. The lowest BCUT2D eigenvalue weighted by atomic mass is 9.51. The Balaban J connectivity index is 1.58. The molecule has 0 unspecified atom stereocenters. The van der Waals surface area contributed by atoms with Crippen LogP contribution >= 0.6 is 0 Å². The Morgan fingerprint density at radius 2 is 1.85 bits per heavy atom. The lowest BCUT2D eigenvalue weighted by Gasteiger charge is -2.54. The summed E-state index contributed by atoms with van der Waals surface area (Å²) in [5.41, 5.74) is 1.19. The Kier molecular flexibility index (Phi) is 2.82. The van der Waals surface area contributed by atoms with Gasteiger partial charge < -0.3 is 5.11 Å². The molecule has 0 amide bonds. The first-order chi connectivity index (χ1) is 9.70. The molecule has 20 heavy (non-hydrogen) atoms. The summed E-state index contributed by atoms with van der Waals surface area (Å²) in [5, 5.41) is 17.0. The molecule has 0 spiro atoms. The number of carbonyl (C=O) groups is 1. The average molecular weight is 275 g/mol. The van der Waals surface area contributed by atoms with Crippen molar-refractivity contribution >= 4 is 5.97 Å². The molecule has 108 valence electrons. The molecule has 1 heterocycles. The molecule has 4 bridgehead atoms. The molecular formula is C15H21N3O2. The van der Waals surface area contributed by atoms with Crippen LogP contribution < -0.4 is 0 Å². The van der Waals surface area contributed by atoms with Crippen molar-refractivity contribution in [2.45, 2.75) is 51.0 Å². The normalized spacial score (nSPS) is 38.3. The number of aromatic nitrogens is 3. The molecule has 5 heteroatoms. The predicted molar refractivity (Wildman–Crippen MR) is 72.1 cm³/mol. The molecule has 4 fully saturated rings. The Labute approximate surface area is 118 Å². The van der Waals surface area contributed by atoms with Gasteiger partial charge in [-0.05, 0) is 55.8 Å². The first-order valence-electron chi connectivity index (χ1n) is 7.81. The maximum atomic E-state index is 10.8.